The maximum atomic E-state index is 12.6. The smallest absolute Gasteiger partial charge is 0.408 e. The summed E-state index contributed by atoms with van der Waals surface area (Å²) in [5.41, 5.74) is 2.70. The van der Waals surface area contributed by atoms with Gasteiger partial charge in [0, 0.05) is 12.2 Å². The van der Waals surface area contributed by atoms with Crippen molar-refractivity contribution in [1.82, 2.24) is 14.1 Å². The Bertz CT molecular complexity index is 1240. The van der Waals surface area contributed by atoms with Crippen LogP contribution in [0.4, 0.5) is 5.69 Å². The van der Waals surface area contributed by atoms with Gasteiger partial charge < -0.3 is 9.73 Å². The number of fused-ring (bicyclic) bond motifs is 2. The molecule has 2 N–H and O–H groups in total. The largest absolute Gasteiger partial charge is 0.417 e. The topological polar surface area (TPSA) is 102 Å². The number of benzene rings is 2. The second-order valence-corrected chi connectivity index (χ2v) is 5.88. The standard InChI is InChI=1S/C18H16N4O4/c1-2-21-13-5-3-4-6-14(13)22(18(21)25)10-16(23)19-11-7-8-15-12(9-11)20-17(24)26-15/h3-9H,2,10H2,1H3,(H,19,23)(H,20,24). The molecule has 8 heteroatoms. The number of hydrogen-bond acceptors (Lipinski definition) is 4. The number of rotatable bonds is 4. The van der Waals surface area contributed by atoms with E-state index in [0.29, 0.717) is 28.8 Å². The number of aryl methyl sites for hydroxylation is 1. The zero-order chi connectivity index (χ0) is 18.3. The van der Waals surface area contributed by atoms with Crippen LogP contribution in [0.1, 0.15) is 6.92 Å². The van der Waals surface area contributed by atoms with E-state index in [0.717, 1.165) is 5.52 Å². The Balaban J connectivity index is 1.63. The molecule has 0 aliphatic rings. The molecule has 0 aliphatic carbocycles. The van der Waals surface area contributed by atoms with Crippen LogP contribution in [0.15, 0.2) is 56.5 Å². The van der Waals surface area contributed by atoms with E-state index in [-0.39, 0.29) is 18.1 Å². The number of aromatic amines is 1. The van der Waals surface area contributed by atoms with Crippen LogP contribution in [0, 0.1) is 0 Å². The predicted octanol–water partition coefficient (Wildman–Crippen LogP) is 1.90. The lowest BCUT2D eigenvalue weighted by molar-refractivity contribution is -0.116. The van der Waals surface area contributed by atoms with Gasteiger partial charge >= 0.3 is 11.4 Å². The van der Waals surface area contributed by atoms with Gasteiger partial charge in [-0.3, -0.25) is 18.9 Å². The number of anilines is 1. The molecule has 0 radical (unpaired) electrons. The van der Waals surface area contributed by atoms with Gasteiger partial charge in [-0.25, -0.2) is 9.59 Å². The van der Waals surface area contributed by atoms with Crippen LogP contribution in [0.25, 0.3) is 22.1 Å². The Morgan fingerprint density at radius 1 is 1.12 bits per heavy atom. The molecule has 2 heterocycles. The van der Waals surface area contributed by atoms with Crippen LogP contribution in [0.2, 0.25) is 0 Å². The lowest BCUT2D eigenvalue weighted by Gasteiger charge is -2.06. The Hall–Kier alpha value is -3.55. The van der Waals surface area contributed by atoms with Crippen LogP contribution in [0.5, 0.6) is 0 Å². The number of hydrogen-bond donors (Lipinski definition) is 2. The zero-order valence-corrected chi connectivity index (χ0v) is 14.0. The third-order valence-corrected chi connectivity index (χ3v) is 4.25. The fourth-order valence-electron chi connectivity index (χ4n) is 3.10. The number of H-pyrrole nitrogens is 1. The average molecular weight is 352 g/mol. The molecule has 132 valence electrons. The summed E-state index contributed by atoms with van der Waals surface area (Å²) >= 11 is 0. The van der Waals surface area contributed by atoms with E-state index in [2.05, 4.69) is 10.3 Å². The van der Waals surface area contributed by atoms with Gasteiger partial charge in [0.25, 0.3) is 0 Å². The Morgan fingerprint density at radius 3 is 2.58 bits per heavy atom. The van der Waals surface area contributed by atoms with E-state index in [4.69, 9.17) is 4.42 Å². The van der Waals surface area contributed by atoms with Crippen molar-refractivity contribution in [2.45, 2.75) is 20.0 Å². The van der Waals surface area contributed by atoms with E-state index in [1.54, 1.807) is 22.8 Å². The summed E-state index contributed by atoms with van der Waals surface area (Å²) in [5, 5.41) is 2.74. The first-order valence-electron chi connectivity index (χ1n) is 8.17. The van der Waals surface area contributed by atoms with Crippen molar-refractivity contribution in [2.24, 2.45) is 0 Å². The van der Waals surface area contributed by atoms with Crippen LogP contribution >= 0.6 is 0 Å². The second-order valence-electron chi connectivity index (χ2n) is 5.88. The van der Waals surface area contributed by atoms with Gasteiger partial charge in [-0.05, 0) is 37.3 Å². The van der Waals surface area contributed by atoms with Gasteiger partial charge in [-0.1, -0.05) is 12.1 Å². The predicted molar refractivity (Wildman–Crippen MR) is 97.3 cm³/mol. The van der Waals surface area contributed by atoms with Crippen molar-refractivity contribution >= 4 is 33.7 Å². The van der Waals surface area contributed by atoms with Crippen LogP contribution < -0.4 is 16.8 Å². The summed E-state index contributed by atoms with van der Waals surface area (Å²) in [6.45, 7) is 2.31. The summed E-state index contributed by atoms with van der Waals surface area (Å²) in [7, 11) is 0. The van der Waals surface area contributed by atoms with Gasteiger partial charge in [0.1, 0.15) is 6.54 Å². The summed E-state index contributed by atoms with van der Waals surface area (Å²) < 4.78 is 8.01. The summed E-state index contributed by atoms with van der Waals surface area (Å²) in [6, 6.07) is 12.2. The number of amides is 1. The number of para-hydroxylation sites is 2. The average Bonchev–Trinajstić information content (AvgIpc) is 3.11. The molecular weight excluding hydrogens is 336 g/mol. The Kier molecular flexibility index (Phi) is 3.72. The highest BCUT2D eigenvalue weighted by molar-refractivity contribution is 5.93. The van der Waals surface area contributed by atoms with Gasteiger partial charge in [-0.15, -0.1) is 0 Å². The van der Waals surface area contributed by atoms with Crippen molar-refractivity contribution in [3.8, 4) is 0 Å². The lowest BCUT2D eigenvalue weighted by Crippen LogP contribution is -2.29. The van der Waals surface area contributed by atoms with Crippen LogP contribution in [-0.4, -0.2) is 20.0 Å². The molecule has 2 aromatic carbocycles. The summed E-state index contributed by atoms with van der Waals surface area (Å²) in [4.78, 5) is 38.8. The van der Waals surface area contributed by atoms with Gasteiger partial charge in [0.05, 0.1) is 16.6 Å². The number of carbonyl (C=O) groups is 1. The quantitative estimate of drug-likeness (QED) is 0.585. The molecule has 0 fully saturated rings. The molecule has 0 unspecified atom stereocenters. The normalized spacial score (nSPS) is 11.3. The van der Waals surface area contributed by atoms with E-state index in [1.165, 1.54) is 4.57 Å². The Labute approximate surface area is 146 Å². The minimum atomic E-state index is -0.553. The summed E-state index contributed by atoms with van der Waals surface area (Å²) in [6.07, 6.45) is 0. The number of aromatic nitrogens is 3. The SMILES string of the molecule is CCn1c(=O)n(CC(=O)Nc2ccc3oc(=O)[nH]c3c2)c2ccccc21. The third-order valence-electron chi connectivity index (χ3n) is 4.25. The van der Waals surface area contributed by atoms with Crippen molar-refractivity contribution < 1.29 is 9.21 Å². The fourth-order valence-corrected chi connectivity index (χ4v) is 3.10. The first-order valence-corrected chi connectivity index (χ1v) is 8.17. The first-order chi connectivity index (χ1) is 12.6. The highest BCUT2D eigenvalue weighted by atomic mass is 16.4. The van der Waals surface area contributed by atoms with Crippen molar-refractivity contribution in [3.05, 3.63) is 63.5 Å². The minimum absolute atomic E-state index is 0.105. The van der Waals surface area contributed by atoms with Crippen molar-refractivity contribution in [1.29, 1.82) is 0 Å². The highest BCUT2D eigenvalue weighted by Gasteiger charge is 2.14. The van der Waals surface area contributed by atoms with Gasteiger partial charge in [-0.2, -0.15) is 0 Å². The second kappa shape index (κ2) is 6.07. The van der Waals surface area contributed by atoms with E-state index >= 15 is 0 Å². The molecule has 4 aromatic rings. The first kappa shape index (κ1) is 15.9. The number of nitrogens with zero attached hydrogens (tertiary/aromatic N) is 2. The van der Waals surface area contributed by atoms with E-state index < -0.39 is 5.76 Å². The molecule has 0 saturated carbocycles. The molecule has 0 saturated heterocycles. The third kappa shape index (κ3) is 2.61. The fraction of sp³-hybridized carbons (Fsp3) is 0.167. The van der Waals surface area contributed by atoms with E-state index in [9.17, 15) is 14.4 Å². The highest BCUT2D eigenvalue weighted by Crippen LogP contribution is 2.17. The van der Waals surface area contributed by atoms with Crippen LogP contribution in [-0.2, 0) is 17.9 Å². The number of carbonyl (C=O) groups excluding carboxylic acids is 1. The molecule has 1 amide bonds. The molecule has 0 aliphatic heterocycles. The Morgan fingerprint density at radius 2 is 1.85 bits per heavy atom. The number of oxazole rings is 1. The monoisotopic (exact) mass is 352 g/mol. The number of imidazole rings is 1. The molecule has 0 spiro atoms. The number of nitrogens with one attached hydrogen (secondary N) is 2. The van der Waals surface area contributed by atoms with Crippen molar-refractivity contribution in [2.75, 3.05) is 5.32 Å². The van der Waals surface area contributed by atoms with Crippen LogP contribution in [0.3, 0.4) is 0 Å². The zero-order valence-electron chi connectivity index (χ0n) is 14.0. The maximum absolute atomic E-state index is 12.6. The molecule has 0 atom stereocenters. The van der Waals surface area contributed by atoms with Gasteiger partial charge in [0.15, 0.2) is 5.58 Å². The molecule has 0 bridgehead atoms. The summed E-state index contributed by atoms with van der Waals surface area (Å²) in [5.74, 6) is -0.890. The molecule has 26 heavy (non-hydrogen) atoms. The minimum Gasteiger partial charge on any atom is -0.408 e. The van der Waals surface area contributed by atoms with Crippen molar-refractivity contribution in [3.63, 3.8) is 0 Å². The maximum Gasteiger partial charge on any atom is 0.417 e. The van der Waals surface area contributed by atoms with E-state index in [1.807, 2.05) is 31.2 Å². The van der Waals surface area contributed by atoms with Gasteiger partial charge in [0.2, 0.25) is 5.91 Å². The lowest BCUT2D eigenvalue weighted by atomic mass is 10.3. The molecule has 2 aromatic heterocycles. The molecular formula is C18H16N4O4. The molecule has 8 nitrogen and oxygen atoms in total. The molecule has 4 rings (SSSR count).